The summed E-state index contributed by atoms with van der Waals surface area (Å²) in [6.07, 6.45) is 3.06. The van der Waals surface area contributed by atoms with Gasteiger partial charge in [0.1, 0.15) is 0 Å². The minimum absolute atomic E-state index is 0.532. The molecule has 0 aliphatic heterocycles. The van der Waals surface area contributed by atoms with Crippen molar-refractivity contribution in [1.82, 2.24) is 10.3 Å². The summed E-state index contributed by atoms with van der Waals surface area (Å²) in [7, 11) is 0. The number of halogens is 1. The molecule has 0 unspecified atom stereocenters. The van der Waals surface area contributed by atoms with Crippen molar-refractivity contribution in [3.63, 3.8) is 0 Å². The second-order valence-electron chi connectivity index (χ2n) is 4.92. The van der Waals surface area contributed by atoms with Crippen LogP contribution in [0.4, 0.5) is 0 Å². The van der Waals surface area contributed by atoms with Crippen molar-refractivity contribution in [3.05, 3.63) is 63.9 Å². The van der Waals surface area contributed by atoms with Crippen molar-refractivity contribution in [2.45, 2.75) is 33.1 Å². The topological polar surface area (TPSA) is 34.1 Å². The highest BCUT2D eigenvalue weighted by Crippen LogP contribution is 2.17. The van der Waals surface area contributed by atoms with E-state index in [1.54, 1.807) is 0 Å². The SMILES string of the molecule is CCCNCc1ccc(COCc2ccccc2Br)nc1. The van der Waals surface area contributed by atoms with Crippen molar-refractivity contribution in [3.8, 4) is 0 Å². The van der Waals surface area contributed by atoms with E-state index in [1.807, 2.05) is 30.5 Å². The molecule has 0 atom stereocenters. The minimum Gasteiger partial charge on any atom is -0.370 e. The lowest BCUT2D eigenvalue weighted by Crippen LogP contribution is -2.14. The van der Waals surface area contributed by atoms with Crippen molar-refractivity contribution in [2.75, 3.05) is 6.54 Å². The van der Waals surface area contributed by atoms with Crippen molar-refractivity contribution >= 4 is 15.9 Å². The largest absolute Gasteiger partial charge is 0.370 e. The van der Waals surface area contributed by atoms with Crippen LogP contribution in [0.3, 0.4) is 0 Å². The molecule has 2 rings (SSSR count). The number of nitrogens with one attached hydrogen (secondary N) is 1. The molecule has 0 aliphatic rings. The third kappa shape index (κ3) is 5.58. The minimum atomic E-state index is 0.532. The maximum atomic E-state index is 5.72. The number of hydrogen-bond donors (Lipinski definition) is 1. The third-order valence-electron chi connectivity index (χ3n) is 3.11. The molecule has 0 radical (unpaired) electrons. The Labute approximate surface area is 134 Å². The molecule has 2 aromatic rings. The van der Waals surface area contributed by atoms with E-state index in [9.17, 15) is 0 Å². The highest BCUT2D eigenvalue weighted by molar-refractivity contribution is 9.10. The number of aromatic nitrogens is 1. The summed E-state index contributed by atoms with van der Waals surface area (Å²) in [6, 6.07) is 12.2. The first-order valence-electron chi connectivity index (χ1n) is 7.25. The van der Waals surface area contributed by atoms with E-state index in [-0.39, 0.29) is 0 Å². The number of pyridine rings is 1. The van der Waals surface area contributed by atoms with Gasteiger partial charge in [-0.15, -0.1) is 0 Å². The van der Waals surface area contributed by atoms with Crippen LogP contribution in [-0.4, -0.2) is 11.5 Å². The van der Waals surface area contributed by atoms with E-state index in [2.05, 4.69) is 45.3 Å². The summed E-state index contributed by atoms with van der Waals surface area (Å²) in [4.78, 5) is 4.43. The second-order valence-corrected chi connectivity index (χ2v) is 5.77. The molecule has 4 heteroatoms. The number of rotatable bonds is 8. The van der Waals surface area contributed by atoms with Gasteiger partial charge in [-0.2, -0.15) is 0 Å². The van der Waals surface area contributed by atoms with E-state index >= 15 is 0 Å². The average molecular weight is 349 g/mol. The fourth-order valence-corrected chi connectivity index (χ4v) is 2.33. The van der Waals surface area contributed by atoms with Crippen LogP contribution in [0.2, 0.25) is 0 Å². The quantitative estimate of drug-likeness (QED) is 0.730. The highest BCUT2D eigenvalue weighted by Gasteiger charge is 2.00. The van der Waals surface area contributed by atoms with Gasteiger partial charge in [-0.25, -0.2) is 0 Å². The molecule has 0 aliphatic carbocycles. The molecule has 1 aromatic heterocycles. The molecule has 21 heavy (non-hydrogen) atoms. The molecule has 3 nitrogen and oxygen atoms in total. The summed E-state index contributed by atoms with van der Waals surface area (Å²) in [5.41, 5.74) is 3.32. The van der Waals surface area contributed by atoms with Crippen LogP contribution in [0.15, 0.2) is 47.1 Å². The maximum absolute atomic E-state index is 5.72. The summed E-state index contributed by atoms with van der Waals surface area (Å²) < 4.78 is 6.80. The molecular weight excluding hydrogens is 328 g/mol. The molecule has 0 saturated carbocycles. The molecule has 112 valence electrons. The van der Waals surface area contributed by atoms with Gasteiger partial charge >= 0.3 is 0 Å². The average Bonchev–Trinajstić information content (AvgIpc) is 2.51. The normalized spacial score (nSPS) is 10.8. The smallest absolute Gasteiger partial charge is 0.0892 e. The van der Waals surface area contributed by atoms with Crippen LogP contribution in [-0.2, 0) is 24.5 Å². The monoisotopic (exact) mass is 348 g/mol. The summed E-state index contributed by atoms with van der Waals surface area (Å²) in [5.74, 6) is 0. The Morgan fingerprint density at radius 3 is 2.71 bits per heavy atom. The van der Waals surface area contributed by atoms with Gasteiger partial charge < -0.3 is 10.1 Å². The van der Waals surface area contributed by atoms with Crippen molar-refractivity contribution < 1.29 is 4.74 Å². The Hall–Kier alpha value is -1.23. The van der Waals surface area contributed by atoms with Gasteiger partial charge in [0.05, 0.1) is 18.9 Å². The van der Waals surface area contributed by atoms with Gasteiger partial charge in [0.25, 0.3) is 0 Å². The fourth-order valence-electron chi connectivity index (χ4n) is 1.94. The Kier molecular flexibility index (Phi) is 6.86. The Morgan fingerprint density at radius 2 is 2.00 bits per heavy atom. The first-order valence-corrected chi connectivity index (χ1v) is 8.04. The number of ether oxygens (including phenoxy) is 1. The lowest BCUT2D eigenvalue weighted by atomic mass is 10.2. The third-order valence-corrected chi connectivity index (χ3v) is 3.88. The zero-order valence-electron chi connectivity index (χ0n) is 12.3. The Bertz CT molecular complexity index is 543. The predicted molar refractivity (Wildman–Crippen MR) is 88.9 cm³/mol. The molecule has 0 bridgehead atoms. The number of nitrogens with zero attached hydrogens (tertiary/aromatic N) is 1. The van der Waals surface area contributed by atoms with Crippen molar-refractivity contribution in [1.29, 1.82) is 0 Å². The zero-order valence-corrected chi connectivity index (χ0v) is 13.9. The number of benzene rings is 1. The van der Waals surface area contributed by atoms with Gasteiger partial charge in [-0.1, -0.05) is 47.1 Å². The van der Waals surface area contributed by atoms with E-state index in [4.69, 9.17) is 4.74 Å². The molecule has 1 aromatic carbocycles. The second kappa shape index (κ2) is 8.93. The standard InChI is InChI=1S/C17H21BrN2O/c1-2-9-19-10-14-7-8-16(20-11-14)13-21-12-15-5-3-4-6-17(15)18/h3-8,11,19H,2,9-10,12-13H2,1H3. The van der Waals surface area contributed by atoms with Crippen LogP contribution in [0.25, 0.3) is 0 Å². The highest BCUT2D eigenvalue weighted by atomic mass is 79.9. The Morgan fingerprint density at radius 1 is 1.14 bits per heavy atom. The fraction of sp³-hybridized carbons (Fsp3) is 0.353. The van der Waals surface area contributed by atoms with Crippen LogP contribution in [0.5, 0.6) is 0 Å². The number of hydrogen-bond acceptors (Lipinski definition) is 3. The molecule has 0 saturated heterocycles. The first-order chi connectivity index (χ1) is 10.3. The molecule has 1 N–H and O–H groups in total. The Balaban J connectivity index is 1.77. The van der Waals surface area contributed by atoms with Gasteiger partial charge in [0.2, 0.25) is 0 Å². The summed E-state index contributed by atoms with van der Waals surface area (Å²) >= 11 is 3.52. The van der Waals surface area contributed by atoms with Gasteiger partial charge in [-0.05, 0) is 36.2 Å². The first kappa shape index (κ1) is 16.1. The van der Waals surface area contributed by atoms with Crippen LogP contribution in [0, 0.1) is 0 Å². The molecule has 1 heterocycles. The maximum Gasteiger partial charge on any atom is 0.0892 e. The van der Waals surface area contributed by atoms with E-state index < -0.39 is 0 Å². The van der Waals surface area contributed by atoms with Crippen LogP contribution in [0.1, 0.15) is 30.2 Å². The van der Waals surface area contributed by atoms with Crippen LogP contribution >= 0.6 is 15.9 Å². The van der Waals surface area contributed by atoms with Crippen LogP contribution < -0.4 is 5.32 Å². The molecular formula is C17H21BrN2O. The van der Waals surface area contributed by atoms with Gasteiger partial charge in [-0.3, -0.25) is 4.98 Å². The predicted octanol–water partition coefficient (Wildman–Crippen LogP) is 4.06. The summed E-state index contributed by atoms with van der Waals surface area (Å²) in [6.45, 7) is 5.19. The van der Waals surface area contributed by atoms with Gasteiger partial charge in [0.15, 0.2) is 0 Å². The lowest BCUT2D eigenvalue weighted by molar-refractivity contribution is 0.104. The lowest BCUT2D eigenvalue weighted by Gasteiger charge is -2.07. The molecule has 0 fully saturated rings. The van der Waals surface area contributed by atoms with Gasteiger partial charge in [0, 0.05) is 17.2 Å². The van der Waals surface area contributed by atoms with E-state index in [0.29, 0.717) is 13.2 Å². The van der Waals surface area contributed by atoms with Crippen molar-refractivity contribution in [2.24, 2.45) is 0 Å². The van der Waals surface area contributed by atoms with E-state index in [0.717, 1.165) is 35.2 Å². The molecule has 0 amide bonds. The van der Waals surface area contributed by atoms with E-state index in [1.165, 1.54) is 5.56 Å². The zero-order chi connectivity index (χ0) is 14.9. The summed E-state index contributed by atoms with van der Waals surface area (Å²) in [5, 5.41) is 3.37. The molecule has 0 spiro atoms.